The number of hydrogen-bond acceptors (Lipinski definition) is 6. The molecule has 8 heteroatoms. The van der Waals surface area contributed by atoms with E-state index >= 15 is 0 Å². The van der Waals surface area contributed by atoms with Gasteiger partial charge in [0.2, 0.25) is 0 Å². The van der Waals surface area contributed by atoms with E-state index in [-0.39, 0.29) is 16.4 Å². The number of anilines is 1. The molecule has 180 valence electrons. The van der Waals surface area contributed by atoms with E-state index in [1.54, 1.807) is 12.3 Å². The molecule has 3 rings (SSSR count). The zero-order valence-electron chi connectivity index (χ0n) is 21.1. The lowest BCUT2D eigenvalue weighted by Crippen LogP contribution is -2.53. The number of aromatic nitrogens is 1. The van der Waals surface area contributed by atoms with Gasteiger partial charge in [-0.15, -0.1) is 0 Å². The molecule has 0 unspecified atom stereocenters. The third-order valence-electron chi connectivity index (χ3n) is 7.42. The Morgan fingerprint density at radius 1 is 1.00 bits per heavy atom. The fraction of sp³-hybridized carbons (Fsp3) is 0.560. The van der Waals surface area contributed by atoms with E-state index in [1.807, 2.05) is 0 Å². The van der Waals surface area contributed by atoms with Crippen LogP contribution in [0.2, 0.25) is 18.1 Å². The van der Waals surface area contributed by atoms with Gasteiger partial charge in [-0.05, 0) is 59.1 Å². The first kappa shape index (κ1) is 25.3. The van der Waals surface area contributed by atoms with Crippen molar-refractivity contribution in [3.05, 3.63) is 63.8 Å². The number of benzene rings is 1. The van der Waals surface area contributed by atoms with Gasteiger partial charge in [-0.3, -0.25) is 4.90 Å². The maximum Gasteiger partial charge on any atom is 0.363 e. The molecule has 0 amide bonds. The molecule has 1 aromatic carbocycles. The highest BCUT2D eigenvalue weighted by molar-refractivity contribution is 6.74. The highest BCUT2D eigenvalue weighted by Crippen LogP contribution is 2.37. The van der Waals surface area contributed by atoms with E-state index in [1.165, 1.54) is 17.2 Å². The number of rotatable bonds is 7. The predicted octanol–water partition coefficient (Wildman–Crippen LogP) is 5.57. The zero-order chi connectivity index (χ0) is 24.4. The minimum Gasteiger partial charge on any atom is -0.413 e. The third kappa shape index (κ3) is 5.80. The normalized spacial score (nSPS) is 16.2. The van der Waals surface area contributed by atoms with Gasteiger partial charge in [-0.1, -0.05) is 45.0 Å². The van der Waals surface area contributed by atoms with Gasteiger partial charge >= 0.3 is 5.82 Å². The van der Waals surface area contributed by atoms with Crippen LogP contribution >= 0.6 is 0 Å². The monoisotopic (exact) mass is 470 g/mol. The summed E-state index contributed by atoms with van der Waals surface area (Å²) in [5.41, 5.74) is 3.36. The van der Waals surface area contributed by atoms with Crippen LogP contribution in [0.4, 0.5) is 11.5 Å². The quantitative estimate of drug-likeness (QED) is 0.299. The van der Waals surface area contributed by atoms with Crippen LogP contribution in [0.1, 0.15) is 45.7 Å². The number of nitrogens with zero attached hydrogens (tertiary/aromatic N) is 4. The van der Waals surface area contributed by atoms with Gasteiger partial charge in [-0.2, -0.15) is 0 Å². The lowest BCUT2D eigenvalue weighted by atomic mass is 9.91. The first-order valence-corrected chi connectivity index (χ1v) is 14.6. The van der Waals surface area contributed by atoms with Crippen molar-refractivity contribution < 1.29 is 9.35 Å². The van der Waals surface area contributed by atoms with E-state index in [9.17, 15) is 10.1 Å². The summed E-state index contributed by atoms with van der Waals surface area (Å²) < 4.78 is 6.38. The molecule has 0 spiro atoms. The molecule has 2 aromatic rings. The van der Waals surface area contributed by atoms with Crippen molar-refractivity contribution >= 4 is 19.8 Å². The molecule has 1 saturated heterocycles. The summed E-state index contributed by atoms with van der Waals surface area (Å²) in [4.78, 5) is 19.1. The summed E-state index contributed by atoms with van der Waals surface area (Å²) in [6, 6.07) is 12.1. The summed E-state index contributed by atoms with van der Waals surface area (Å²) in [7, 11) is -1.76. The molecule has 0 aliphatic carbocycles. The van der Waals surface area contributed by atoms with Crippen molar-refractivity contribution in [2.75, 3.05) is 31.1 Å². The summed E-state index contributed by atoms with van der Waals surface area (Å²) in [5, 5.41) is 11.0. The summed E-state index contributed by atoms with van der Waals surface area (Å²) in [6.07, 6.45) is 1.60. The Labute approximate surface area is 199 Å². The highest BCUT2D eigenvalue weighted by atomic mass is 28.4. The van der Waals surface area contributed by atoms with Crippen LogP contribution in [0.5, 0.6) is 0 Å². The van der Waals surface area contributed by atoms with Crippen LogP contribution in [-0.4, -0.2) is 49.3 Å². The van der Waals surface area contributed by atoms with Gasteiger partial charge in [0, 0.05) is 37.8 Å². The molecule has 0 bridgehead atoms. The largest absolute Gasteiger partial charge is 0.413 e. The summed E-state index contributed by atoms with van der Waals surface area (Å²) in [5.74, 6) is -0.114. The predicted molar refractivity (Wildman–Crippen MR) is 136 cm³/mol. The van der Waals surface area contributed by atoms with E-state index in [2.05, 4.69) is 86.8 Å². The fourth-order valence-corrected chi connectivity index (χ4v) is 4.83. The lowest BCUT2D eigenvalue weighted by molar-refractivity contribution is -0.389. The van der Waals surface area contributed by atoms with Crippen LogP contribution in [0.3, 0.4) is 0 Å². The first-order chi connectivity index (χ1) is 15.3. The van der Waals surface area contributed by atoms with Gasteiger partial charge in [0.25, 0.3) is 0 Å². The molecule has 7 nitrogen and oxygen atoms in total. The van der Waals surface area contributed by atoms with Crippen LogP contribution in [0, 0.1) is 10.1 Å². The minimum atomic E-state index is -1.76. The summed E-state index contributed by atoms with van der Waals surface area (Å²) >= 11 is 0. The second-order valence-electron chi connectivity index (χ2n) is 10.9. The number of hydrogen-bond donors (Lipinski definition) is 0. The molecule has 1 fully saturated rings. The van der Waals surface area contributed by atoms with Gasteiger partial charge in [0.1, 0.15) is 0 Å². The average molecular weight is 471 g/mol. The molecule has 1 aliphatic rings. The topological polar surface area (TPSA) is 71.7 Å². The van der Waals surface area contributed by atoms with Crippen LogP contribution in [0.25, 0.3) is 0 Å². The molecule has 33 heavy (non-hydrogen) atoms. The van der Waals surface area contributed by atoms with Gasteiger partial charge in [0.05, 0.1) is 12.3 Å². The molecule has 0 saturated carbocycles. The van der Waals surface area contributed by atoms with E-state index < -0.39 is 13.2 Å². The molecule has 2 heterocycles. The van der Waals surface area contributed by atoms with E-state index in [0.29, 0.717) is 6.61 Å². The maximum atomic E-state index is 10.8. The Hall–Kier alpha value is -2.29. The van der Waals surface area contributed by atoms with Gasteiger partial charge < -0.3 is 19.4 Å². The fourth-order valence-electron chi connectivity index (χ4n) is 3.87. The Morgan fingerprint density at radius 3 is 2.09 bits per heavy atom. The Balaban J connectivity index is 1.59. The molecular weight excluding hydrogens is 432 g/mol. The Bertz CT molecular complexity index is 945. The SMILES string of the molecule is CC(C)(c1ccc(CO[Si](C)(C)C(C)(C)C)cc1)N1CCN(c2ccc([N+](=O)[O-])nc2)CC1. The first-order valence-electron chi connectivity index (χ1n) is 11.6. The van der Waals surface area contributed by atoms with Crippen LogP contribution in [0.15, 0.2) is 42.6 Å². The van der Waals surface area contributed by atoms with Crippen molar-refractivity contribution in [1.29, 1.82) is 0 Å². The molecule has 1 aliphatic heterocycles. The number of pyridine rings is 1. The van der Waals surface area contributed by atoms with Crippen molar-refractivity contribution in [2.24, 2.45) is 0 Å². The van der Waals surface area contributed by atoms with Gasteiger partial charge in [0.15, 0.2) is 14.5 Å². The van der Waals surface area contributed by atoms with Crippen LogP contribution < -0.4 is 4.90 Å². The summed E-state index contributed by atoms with van der Waals surface area (Å²) in [6.45, 7) is 20.2. The smallest absolute Gasteiger partial charge is 0.363 e. The zero-order valence-corrected chi connectivity index (χ0v) is 22.1. The Kier molecular flexibility index (Phi) is 7.31. The standard InChI is InChI=1S/C25H38N4O3Si/c1-24(2,3)33(6,7)32-19-20-8-10-21(11-9-20)25(4,5)28-16-14-27(15-17-28)22-12-13-23(26-18-22)29(30)31/h8-13,18H,14-17,19H2,1-7H3. The molecule has 0 radical (unpaired) electrons. The number of piperazine rings is 1. The maximum absolute atomic E-state index is 10.8. The molecule has 0 atom stereocenters. The Morgan fingerprint density at radius 2 is 1.61 bits per heavy atom. The van der Waals surface area contributed by atoms with Crippen molar-refractivity contribution in [2.45, 2.75) is 64.9 Å². The van der Waals surface area contributed by atoms with Crippen molar-refractivity contribution in [1.82, 2.24) is 9.88 Å². The van der Waals surface area contributed by atoms with E-state index in [4.69, 9.17) is 4.43 Å². The van der Waals surface area contributed by atoms with E-state index in [0.717, 1.165) is 31.9 Å². The second kappa shape index (κ2) is 9.52. The lowest BCUT2D eigenvalue weighted by Gasteiger charge is -2.44. The minimum absolute atomic E-state index is 0.0847. The molecule has 1 aromatic heterocycles. The van der Waals surface area contributed by atoms with Crippen molar-refractivity contribution in [3.63, 3.8) is 0 Å². The third-order valence-corrected chi connectivity index (χ3v) is 11.9. The second-order valence-corrected chi connectivity index (χ2v) is 15.7. The van der Waals surface area contributed by atoms with Crippen LogP contribution in [-0.2, 0) is 16.6 Å². The molecular formula is C25H38N4O3Si. The highest BCUT2D eigenvalue weighted by Gasteiger charge is 2.37. The molecule has 0 N–H and O–H groups in total. The van der Waals surface area contributed by atoms with Crippen molar-refractivity contribution in [3.8, 4) is 0 Å². The average Bonchev–Trinajstić information content (AvgIpc) is 2.77. The van der Waals surface area contributed by atoms with Gasteiger partial charge in [-0.25, -0.2) is 0 Å². The number of nitro groups is 1.